The second-order valence-corrected chi connectivity index (χ2v) is 5.07. The molecule has 0 bridgehead atoms. The molecule has 1 aromatic rings. The van der Waals surface area contributed by atoms with Crippen LogP contribution in [-0.2, 0) is 10.8 Å². The van der Waals surface area contributed by atoms with Gasteiger partial charge in [0.2, 0.25) is 0 Å². The molecule has 2 nitrogen and oxygen atoms in total. The van der Waals surface area contributed by atoms with Gasteiger partial charge in [-0.05, 0) is 6.07 Å². The molecule has 0 aliphatic carbocycles. The van der Waals surface area contributed by atoms with Gasteiger partial charge in [-0.3, -0.25) is 9.00 Å². The van der Waals surface area contributed by atoms with E-state index in [2.05, 4.69) is 0 Å². The Morgan fingerprint density at radius 2 is 2.08 bits per heavy atom. The molecule has 0 radical (unpaired) electrons. The van der Waals surface area contributed by atoms with Gasteiger partial charge in [-0.25, -0.2) is 0 Å². The van der Waals surface area contributed by atoms with Gasteiger partial charge in [0.05, 0.1) is 10.8 Å². The van der Waals surface area contributed by atoms with Crippen LogP contribution < -0.4 is 0 Å². The van der Waals surface area contributed by atoms with Crippen LogP contribution in [0.1, 0.15) is 23.7 Å². The molecule has 68 valence electrons. The van der Waals surface area contributed by atoms with Crippen LogP contribution in [0, 0.1) is 0 Å². The minimum Gasteiger partial charge on any atom is -0.294 e. The van der Waals surface area contributed by atoms with Crippen LogP contribution in [0.3, 0.4) is 0 Å². The van der Waals surface area contributed by atoms with Crippen molar-refractivity contribution in [3.8, 4) is 0 Å². The number of fused-ring (bicyclic) bond motifs is 1. The molecule has 0 unspecified atom stereocenters. The summed E-state index contributed by atoms with van der Waals surface area (Å²) in [6, 6.07) is 7.16. The molecule has 0 saturated carbocycles. The van der Waals surface area contributed by atoms with E-state index in [0.29, 0.717) is 16.9 Å². The fourth-order valence-corrected chi connectivity index (χ4v) is 2.88. The second kappa shape index (κ2) is 3.07. The third-order valence-electron chi connectivity index (χ3n) is 2.24. The van der Waals surface area contributed by atoms with Crippen molar-refractivity contribution < 1.29 is 9.00 Å². The lowest BCUT2D eigenvalue weighted by molar-refractivity contribution is 0.0977. The van der Waals surface area contributed by atoms with E-state index in [9.17, 15) is 9.00 Å². The number of carbonyl (C=O) groups is 1. The van der Waals surface area contributed by atoms with Crippen LogP contribution in [0.25, 0.3) is 0 Å². The van der Waals surface area contributed by atoms with E-state index in [0.717, 1.165) is 0 Å². The second-order valence-electron chi connectivity index (χ2n) is 3.23. The number of hydrogen-bond donors (Lipinski definition) is 0. The van der Waals surface area contributed by atoms with Crippen molar-refractivity contribution in [1.82, 2.24) is 0 Å². The molecule has 2 rings (SSSR count). The molecule has 0 amide bonds. The molecular weight excluding hydrogens is 184 g/mol. The molecule has 0 fully saturated rings. The minimum absolute atomic E-state index is 0.0394. The first-order valence-corrected chi connectivity index (χ1v) is 5.44. The van der Waals surface area contributed by atoms with Crippen molar-refractivity contribution in [1.29, 1.82) is 0 Å². The summed E-state index contributed by atoms with van der Waals surface area (Å²) in [5.41, 5.74) is 0.638. The Balaban J connectivity index is 2.60. The number of ketones is 1. The first kappa shape index (κ1) is 8.63. The Labute approximate surface area is 79.4 Å². The van der Waals surface area contributed by atoms with Gasteiger partial charge in [0.25, 0.3) is 0 Å². The maximum absolute atomic E-state index is 11.7. The number of Topliss-reactive ketones (excluding diaryl/α,β-unsaturated/α-hetero) is 1. The molecule has 1 aliphatic rings. The number of rotatable bonds is 0. The van der Waals surface area contributed by atoms with Crippen LogP contribution in [0.15, 0.2) is 29.2 Å². The molecular formula is C10H10O2S. The first-order chi connectivity index (χ1) is 6.20. The molecule has 1 heterocycles. The Hall–Kier alpha value is -0.960. The summed E-state index contributed by atoms with van der Waals surface area (Å²) >= 11 is 0. The van der Waals surface area contributed by atoms with E-state index in [1.807, 2.05) is 19.1 Å². The zero-order valence-electron chi connectivity index (χ0n) is 7.32. The number of hydrogen-bond acceptors (Lipinski definition) is 2. The highest BCUT2D eigenvalue weighted by Crippen LogP contribution is 2.25. The van der Waals surface area contributed by atoms with Gasteiger partial charge < -0.3 is 0 Å². The Kier molecular flexibility index (Phi) is 2.04. The summed E-state index contributed by atoms with van der Waals surface area (Å²) < 4.78 is 11.7. The average molecular weight is 194 g/mol. The van der Waals surface area contributed by atoms with Crippen LogP contribution in [-0.4, -0.2) is 15.2 Å². The minimum atomic E-state index is -1.00. The largest absolute Gasteiger partial charge is 0.294 e. The maximum atomic E-state index is 11.7. The van der Waals surface area contributed by atoms with E-state index in [-0.39, 0.29) is 11.0 Å². The monoisotopic (exact) mass is 194 g/mol. The van der Waals surface area contributed by atoms with Crippen molar-refractivity contribution in [2.24, 2.45) is 0 Å². The smallest absolute Gasteiger partial charge is 0.165 e. The highest BCUT2D eigenvalue weighted by atomic mass is 32.2. The molecule has 2 atom stereocenters. The summed E-state index contributed by atoms with van der Waals surface area (Å²) in [7, 11) is -1.00. The lowest BCUT2D eigenvalue weighted by atomic mass is 10.1. The van der Waals surface area contributed by atoms with Crippen molar-refractivity contribution >= 4 is 16.6 Å². The van der Waals surface area contributed by atoms with Gasteiger partial charge in [0.15, 0.2) is 5.78 Å². The SMILES string of the molecule is C[C@H]1CC(=O)c2ccccc2[S@]1=O. The highest BCUT2D eigenvalue weighted by Gasteiger charge is 2.27. The quantitative estimate of drug-likeness (QED) is 0.630. The van der Waals surface area contributed by atoms with E-state index >= 15 is 0 Å². The van der Waals surface area contributed by atoms with Crippen LogP contribution >= 0.6 is 0 Å². The number of benzene rings is 1. The van der Waals surface area contributed by atoms with Gasteiger partial charge in [-0.1, -0.05) is 25.1 Å². The van der Waals surface area contributed by atoms with E-state index in [1.165, 1.54) is 0 Å². The van der Waals surface area contributed by atoms with Crippen LogP contribution in [0.5, 0.6) is 0 Å². The summed E-state index contributed by atoms with van der Waals surface area (Å²) in [6.07, 6.45) is 0.406. The summed E-state index contributed by atoms with van der Waals surface area (Å²) in [4.78, 5) is 12.2. The lowest BCUT2D eigenvalue weighted by Crippen LogP contribution is -2.24. The maximum Gasteiger partial charge on any atom is 0.165 e. The lowest BCUT2D eigenvalue weighted by Gasteiger charge is -2.19. The van der Waals surface area contributed by atoms with Crippen molar-refractivity contribution in [3.05, 3.63) is 29.8 Å². The standard InChI is InChI=1S/C10H10O2S/c1-7-6-9(11)8-4-2-3-5-10(8)13(7)12/h2-5,7H,6H2,1H3/t7-,13-/m0/s1. The third-order valence-corrected chi connectivity index (χ3v) is 3.93. The fraction of sp³-hybridized carbons (Fsp3) is 0.300. The van der Waals surface area contributed by atoms with Crippen molar-refractivity contribution in [2.45, 2.75) is 23.5 Å². The van der Waals surface area contributed by atoms with Crippen LogP contribution in [0.4, 0.5) is 0 Å². The van der Waals surface area contributed by atoms with E-state index in [4.69, 9.17) is 0 Å². The van der Waals surface area contributed by atoms with Crippen molar-refractivity contribution in [2.75, 3.05) is 0 Å². The first-order valence-electron chi connectivity index (χ1n) is 4.23. The van der Waals surface area contributed by atoms with Crippen molar-refractivity contribution in [3.63, 3.8) is 0 Å². The highest BCUT2D eigenvalue weighted by molar-refractivity contribution is 7.86. The third kappa shape index (κ3) is 1.33. The predicted molar refractivity (Wildman–Crippen MR) is 51.3 cm³/mol. The molecule has 1 aliphatic heterocycles. The molecule has 0 N–H and O–H groups in total. The van der Waals surface area contributed by atoms with Gasteiger partial charge in [-0.2, -0.15) is 0 Å². The normalized spacial score (nSPS) is 27.0. The Bertz CT molecular complexity index is 384. The summed E-state index contributed by atoms with van der Waals surface area (Å²) in [5.74, 6) is 0.114. The van der Waals surface area contributed by atoms with Gasteiger partial charge in [0, 0.05) is 22.1 Å². The summed E-state index contributed by atoms with van der Waals surface area (Å²) in [5, 5.41) is -0.0394. The molecule has 0 aromatic heterocycles. The van der Waals surface area contributed by atoms with E-state index < -0.39 is 10.8 Å². The zero-order valence-corrected chi connectivity index (χ0v) is 8.14. The zero-order chi connectivity index (χ0) is 9.42. The van der Waals surface area contributed by atoms with Gasteiger partial charge >= 0.3 is 0 Å². The average Bonchev–Trinajstić information content (AvgIpc) is 2.15. The molecule has 13 heavy (non-hydrogen) atoms. The van der Waals surface area contributed by atoms with Gasteiger partial charge in [0.1, 0.15) is 0 Å². The molecule has 0 spiro atoms. The van der Waals surface area contributed by atoms with E-state index in [1.54, 1.807) is 12.1 Å². The Morgan fingerprint density at radius 3 is 2.85 bits per heavy atom. The topological polar surface area (TPSA) is 34.1 Å². The Morgan fingerprint density at radius 1 is 1.38 bits per heavy atom. The molecule has 3 heteroatoms. The summed E-state index contributed by atoms with van der Waals surface area (Å²) in [6.45, 7) is 1.85. The predicted octanol–water partition coefficient (Wildman–Crippen LogP) is 1.77. The number of carbonyl (C=O) groups excluding carboxylic acids is 1. The molecule has 0 saturated heterocycles. The molecule has 1 aromatic carbocycles. The fourth-order valence-electron chi connectivity index (χ4n) is 1.54. The van der Waals surface area contributed by atoms with Gasteiger partial charge in [-0.15, -0.1) is 0 Å². The van der Waals surface area contributed by atoms with Crippen LogP contribution in [0.2, 0.25) is 0 Å².